The number of rotatable bonds is 8. The molecule has 2 N–H and O–H groups in total. The summed E-state index contributed by atoms with van der Waals surface area (Å²) in [5.41, 5.74) is 8.21. The standard InChI is InChI=1S/C16H22N4OS/c1-4-6-20-15(17)18-19-16(20)22-8-5-7-21-14-10-12(2)9-13(3)11-14/h4,9-11H,1,5-8H2,2-3H3,(H2,17,18). The van der Waals surface area contributed by atoms with Crippen LogP contribution in [0, 0.1) is 13.8 Å². The predicted octanol–water partition coefficient (Wildman–Crippen LogP) is 3.22. The molecule has 1 aromatic carbocycles. The van der Waals surface area contributed by atoms with Crippen LogP contribution in [0.25, 0.3) is 0 Å². The van der Waals surface area contributed by atoms with Crippen molar-refractivity contribution in [1.29, 1.82) is 0 Å². The Labute approximate surface area is 135 Å². The molecule has 0 aliphatic carbocycles. The quantitative estimate of drug-likeness (QED) is 0.460. The molecule has 0 radical (unpaired) electrons. The zero-order chi connectivity index (χ0) is 15.9. The molecule has 0 saturated heterocycles. The largest absolute Gasteiger partial charge is 0.494 e. The maximum atomic E-state index is 5.79. The molecule has 1 heterocycles. The molecule has 2 aromatic rings. The Morgan fingerprint density at radius 3 is 2.68 bits per heavy atom. The average molecular weight is 318 g/mol. The van der Waals surface area contributed by atoms with Crippen molar-refractivity contribution in [3.05, 3.63) is 42.0 Å². The maximum absolute atomic E-state index is 5.79. The van der Waals surface area contributed by atoms with E-state index in [0.29, 0.717) is 19.1 Å². The Balaban J connectivity index is 1.76. The molecule has 5 nitrogen and oxygen atoms in total. The first-order chi connectivity index (χ1) is 10.6. The van der Waals surface area contributed by atoms with E-state index in [9.17, 15) is 0 Å². The Bertz CT molecular complexity index is 619. The van der Waals surface area contributed by atoms with Crippen LogP contribution in [-0.2, 0) is 6.54 Å². The molecule has 0 saturated carbocycles. The lowest BCUT2D eigenvalue weighted by molar-refractivity contribution is 0.318. The highest BCUT2D eigenvalue weighted by atomic mass is 32.2. The van der Waals surface area contributed by atoms with Crippen LogP contribution in [0.4, 0.5) is 5.95 Å². The lowest BCUT2D eigenvalue weighted by atomic mass is 10.1. The normalized spacial score (nSPS) is 10.6. The summed E-state index contributed by atoms with van der Waals surface area (Å²) >= 11 is 1.63. The third-order valence-corrected chi connectivity index (χ3v) is 4.09. The van der Waals surface area contributed by atoms with Crippen molar-refractivity contribution in [2.45, 2.75) is 32.0 Å². The van der Waals surface area contributed by atoms with Gasteiger partial charge >= 0.3 is 0 Å². The van der Waals surface area contributed by atoms with E-state index in [1.54, 1.807) is 17.8 Å². The SMILES string of the molecule is C=CCn1c(N)nnc1SCCCOc1cc(C)cc(C)c1. The molecule has 0 amide bonds. The van der Waals surface area contributed by atoms with E-state index >= 15 is 0 Å². The van der Waals surface area contributed by atoms with Gasteiger partial charge in [-0.15, -0.1) is 16.8 Å². The van der Waals surface area contributed by atoms with E-state index in [1.807, 2.05) is 4.57 Å². The lowest BCUT2D eigenvalue weighted by Gasteiger charge is -2.08. The fraction of sp³-hybridized carbons (Fsp3) is 0.375. The first-order valence-electron chi connectivity index (χ1n) is 7.23. The van der Waals surface area contributed by atoms with Crippen LogP contribution in [0.2, 0.25) is 0 Å². The van der Waals surface area contributed by atoms with Gasteiger partial charge in [0.05, 0.1) is 6.61 Å². The van der Waals surface area contributed by atoms with Crippen LogP contribution in [-0.4, -0.2) is 27.1 Å². The summed E-state index contributed by atoms with van der Waals surface area (Å²) in [7, 11) is 0. The number of aryl methyl sites for hydroxylation is 2. The summed E-state index contributed by atoms with van der Waals surface area (Å²) in [6.45, 7) is 9.17. The Morgan fingerprint density at radius 1 is 1.27 bits per heavy atom. The van der Waals surface area contributed by atoms with Crippen LogP contribution >= 0.6 is 11.8 Å². The van der Waals surface area contributed by atoms with Crippen molar-refractivity contribution in [3.8, 4) is 5.75 Å². The number of hydrogen-bond acceptors (Lipinski definition) is 5. The topological polar surface area (TPSA) is 66.0 Å². The van der Waals surface area contributed by atoms with Gasteiger partial charge in [-0.05, 0) is 43.5 Å². The molecule has 118 valence electrons. The highest BCUT2D eigenvalue weighted by Gasteiger charge is 2.08. The van der Waals surface area contributed by atoms with Crippen LogP contribution in [0.1, 0.15) is 17.5 Å². The van der Waals surface area contributed by atoms with Gasteiger partial charge in [-0.3, -0.25) is 4.57 Å². The third-order valence-electron chi connectivity index (χ3n) is 3.04. The van der Waals surface area contributed by atoms with Crippen molar-refractivity contribution < 1.29 is 4.74 Å². The van der Waals surface area contributed by atoms with E-state index in [0.717, 1.165) is 23.1 Å². The smallest absolute Gasteiger partial charge is 0.222 e. The molecular formula is C16H22N4OS. The summed E-state index contributed by atoms with van der Waals surface area (Å²) in [4.78, 5) is 0. The number of aromatic nitrogens is 3. The highest BCUT2D eigenvalue weighted by molar-refractivity contribution is 7.99. The van der Waals surface area contributed by atoms with E-state index in [2.05, 4.69) is 48.8 Å². The van der Waals surface area contributed by atoms with E-state index in [1.165, 1.54) is 11.1 Å². The van der Waals surface area contributed by atoms with Gasteiger partial charge in [0.2, 0.25) is 5.95 Å². The molecule has 0 atom stereocenters. The number of nitrogen functional groups attached to an aromatic ring is 1. The summed E-state index contributed by atoms with van der Waals surface area (Å²) in [6, 6.07) is 6.25. The minimum absolute atomic E-state index is 0.425. The van der Waals surface area contributed by atoms with Crippen LogP contribution in [0.3, 0.4) is 0 Å². The molecule has 22 heavy (non-hydrogen) atoms. The average Bonchev–Trinajstić information content (AvgIpc) is 2.79. The number of hydrogen-bond donors (Lipinski definition) is 1. The van der Waals surface area contributed by atoms with Crippen molar-refractivity contribution in [2.75, 3.05) is 18.1 Å². The number of ether oxygens (including phenoxy) is 1. The van der Waals surface area contributed by atoms with Gasteiger partial charge in [-0.2, -0.15) is 0 Å². The van der Waals surface area contributed by atoms with Gasteiger partial charge in [0.25, 0.3) is 0 Å². The zero-order valence-corrected chi connectivity index (χ0v) is 13.9. The molecule has 2 rings (SSSR count). The Hall–Kier alpha value is -1.95. The van der Waals surface area contributed by atoms with Gasteiger partial charge in [0.15, 0.2) is 5.16 Å². The maximum Gasteiger partial charge on any atom is 0.222 e. The Kier molecular flexibility index (Phi) is 5.89. The van der Waals surface area contributed by atoms with E-state index in [4.69, 9.17) is 10.5 Å². The van der Waals surface area contributed by atoms with E-state index in [-0.39, 0.29) is 0 Å². The number of nitrogens with zero attached hydrogens (tertiary/aromatic N) is 3. The predicted molar refractivity (Wildman–Crippen MR) is 91.4 cm³/mol. The minimum atomic E-state index is 0.425. The van der Waals surface area contributed by atoms with Crippen LogP contribution in [0.15, 0.2) is 36.0 Å². The third kappa shape index (κ3) is 4.53. The molecule has 0 bridgehead atoms. The molecular weight excluding hydrogens is 296 g/mol. The fourth-order valence-corrected chi connectivity index (χ4v) is 3.00. The highest BCUT2D eigenvalue weighted by Crippen LogP contribution is 2.20. The first-order valence-corrected chi connectivity index (χ1v) is 8.22. The first kappa shape index (κ1) is 16.4. The Morgan fingerprint density at radius 2 is 2.00 bits per heavy atom. The monoisotopic (exact) mass is 318 g/mol. The molecule has 6 heteroatoms. The second-order valence-corrected chi connectivity index (χ2v) is 6.18. The van der Waals surface area contributed by atoms with Gasteiger partial charge in [-0.25, -0.2) is 0 Å². The van der Waals surface area contributed by atoms with Crippen molar-refractivity contribution in [2.24, 2.45) is 0 Å². The van der Waals surface area contributed by atoms with Crippen molar-refractivity contribution in [1.82, 2.24) is 14.8 Å². The summed E-state index contributed by atoms with van der Waals surface area (Å²) in [6.07, 6.45) is 2.71. The molecule has 0 spiro atoms. The van der Waals surface area contributed by atoms with Gasteiger partial charge in [0, 0.05) is 12.3 Å². The van der Waals surface area contributed by atoms with Gasteiger partial charge in [0.1, 0.15) is 5.75 Å². The van der Waals surface area contributed by atoms with Gasteiger partial charge in [-0.1, -0.05) is 23.9 Å². The van der Waals surface area contributed by atoms with Gasteiger partial charge < -0.3 is 10.5 Å². The lowest BCUT2D eigenvalue weighted by Crippen LogP contribution is -2.04. The summed E-state index contributed by atoms with van der Waals surface area (Å²) in [5.74, 6) is 2.26. The number of benzene rings is 1. The van der Waals surface area contributed by atoms with Crippen molar-refractivity contribution in [3.63, 3.8) is 0 Å². The molecule has 1 aromatic heterocycles. The van der Waals surface area contributed by atoms with Crippen LogP contribution < -0.4 is 10.5 Å². The van der Waals surface area contributed by atoms with Crippen LogP contribution in [0.5, 0.6) is 5.75 Å². The second-order valence-electron chi connectivity index (χ2n) is 5.11. The number of allylic oxidation sites excluding steroid dienone is 1. The summed E-state index contributed by atoms with van der Waals surface area (Å²) in [5, 5.41) is 8.79. The zero-order valence-electron chi connectivity index (χ0n) is 13.1. The van der Waals surface area contributed by atoms with Crippen molar-refractivity contribution >= 4 is 17.7 Å². The molecule has 0 unspecified atom stereocenters. The molecule has 0 aliphatic rings. The minimum Gasteiger partial charge on any atom is -0.494 e. The fourth-order valence-electron chi connectivity index (χ4n) is 2.14. The number of nitrogens with two attached hydrogens (primary N) is 1. The number of anilines is 1. The van der Waals surface area contributed by atoms with E-state index < -0.39 is 0 Å². The molecule has 0 aliphatic heterocycles. The summed E-state index contributed by atoms with van der Waals surface area (Å²) < 4.78 is 7.64. The number of thioether (sulfide) groups is 1. The molecule has 0 fully saturated rings. The second kappa shape index (κ2) is 7.89.